The lowest BCUT2D eigenvalue weighted by Gasteiger charge is -2.26. The van der Waals surface area contributed by atoms with Crippen LogP contribution in [0.4, 0.5) is 17.3 Å². The van der Waals surface area contributed by atoms with E-state index in [4.69, 9.17) is 4.74 Å². The van der Waals surface area contributed by atoms with Gasteiger partial charge in [0.15, 0.2) is 0 Å². The van der Waals surface area contributed by atoms with Gasteiger partial charge >= 0.3 is 0 Å². The number of carbonyl (C=O) groups is 1. The third-order valence-electron chi connectivity index (χ3n) is 5.60. The van der Waals surface area contributed by atoms with Gasteiger partial charge in [0.2, 0.25) is 5.91 Å². The van der Waals surface area contributed by atoms with E-state index in [2.05, 4.69) is 15.3 Å². The van der Waals surface area contributed by atoms with Crippen molar-refractivity contribution in [3.63, 3.8) is 0 Å². The van der Waals surface area contributed by atoms with E-state index in [1.807, 2.05) is 36.2 Å². The lowest BCUT2D eigenvalue weighted by atomic mass is 9.95. The molecule has 1 fully saturated rings. The summed E-state index contributed by atoms with van der Waals surface area (Å²) in [5, 5.41) is 3.63. The largest absolute Gasteiger partial charge is 0.497 e. The Morgan fingerprint density at radius 2 is 1.82 bits per heavy atom. The number of nitrogens with zero attached hydrogens (tertiary/aromatic N) is 4. The van der Waals surface area contributed by atoms with E-state index in [-0.39, 0.29) is 12.5 Å². The van der Waals surface area contributed by atoms with Crippen LogP contribution >= 0.6 is 0 Å². The summed E-state index contributed by atoms with van der Waals surface area (Å²) in [6, 6.07) is 8.02. The number of hydrogen-bond donors (Lipinski definition) is 1. The number of anilines is 3. The van der Waals surface area contributed by atoms with Gasteiger partial charge in [-0.25, -0.2) is 9.97 Å². The molecule has 1 amide bonds. The smallest absolute Gasteiger partial charge is 0.246 e. The van der Waals surface area contributed by atoms with Gasteiger partial charge in [0.25, 0.3) is 0 Å². The van der Waals surface area contributed by atoms with Gasteiger partial charge < -0.3 is 19.9 Å². The molecule has 2 heterocycles. The minimum Gasteiger partial charge on any atom is -0.497 e. The van der Waals surface area contributed by atoms with E-state index in [9.17, 15) is 4.79 Å². The molecule has 0 saturated heterocycles. The molecule has 28 heavy (non-hydrogen) atoms. The average molecular weight is 381 g/mol. The van der Waals surface area contributed by atoms with Crippen LogP contribution < -0.4 is 19.9 Å². The lowest BCUT2D eigenvalue weighted by molar-refractivity contribution is -0.117. The van der Waals surface area contributed by atoms with E-state index in [1.54, 1.807) is 18.3 Å². The van der Waals surface area contributed by atoms with Crippen molar-refractivity contribution in [2.24, 2.45) is 0 Å². The normalized spacial score (nSPS) is 17.9. The molecule has 1 N–H and O–H groups in total. The zero-order valence-corrected chi connectivity index (χ0v) is 16.5. The Balaban J connectivity index is 1.66. The van der Waals surface area contributed by atoms with Crippen molar-refractivity contribution in [3.05, 3.63) is 36.2 Å². The molecule has 0 atom stereocenters. The molecule has 0 unspecified atom stereocenters. The molecule has 1 aromatic heterocycles. The van der Waals surface area contributed by atoms with Crippen molar-refractivity contribution >= 4 is 23.2 Å². The molecule has 0 radical (unpaired) electrons. The Labute approximate surface area is 165 Å². The van der Waals surface area contributed by atoms with Gasteiger partial charge in [0.05, 0.1) is 25.8 Å². The number of amides is 1. The molecular formula is C21H27N5O2. The maximum atomic E-state index is 12.9. The van der Waals surface area contributed by atoms with Gasteiger partial charge in [-0.3, -0.25) is 4.79 Å². The first-order valence-corrected chi connectivity index (χ1v) is 9.91. The number of fused-ring (bicyclic) bond motifs is 1. The van der Waals surface area contributed by atoms with Gasteiger partial charge in [-0.05, 0) is 37.1 Å². The van der Waals surface area contributed by atoms with Crippen LogP contribution in [-0.4, -0.2) is 42.6 Å². The SMILES string of the molecule is COc1ccc(N2Cc3c(NC4CCCCC4)ncnc3N(C)CC2=O)cc1. The summed E-state index contributed by atoms with van der Waals surface area (Å²) >= 11 is 0. The molecule has 2 aliphatic rings. The number of ether oxygens (including phenoxy) is 1. The second-order valence-corrected chi connectivity index (χ2v) is 7.54. The summed E-state index contributed by atoms with van der Waals surface area (Å²) in [7, 11) is 3.55. The first-order valence-electron chi connectivity index (χ1n) is 9.91. The Morgan fingerprint density at radius 3 is 2.54 bits per heavy atom. The van der Waals surface area contributed by atoms with Crippen LogP contribution in [0.25, 0.3) is 0 Å². The van der Waals surface area contributed by atoms with Crippen LogP contribution in [0, 0.1) is 0 Å². The fourth-order valence-corrected chi connectivity index (χ4v) is 4.05. The molecule has 1 aliphatic heterocycles. The summed E-state index contributed by atoms with van der Waals surface area (Å²) in [5.41, 5.74) is 1.82. The van der Waals surface area contributed by atoms with E-state index >= 15 is 0 Å². The van der Waals surface area contributed by atoms with Crippen molar-refractivity contribution in [1.82, 2.24) is 9.97 Å². The molecular weight excluding hydrogens is 354 g/mol. The van der Waals surface area contributed by atoms with Crippen LogP contribution in [0.15, 0.2) is 30.6 Å². The molecule has 4 rings (SSSR count). The highest BCUT2D eigenvalue weighted by molar-refractivity contribution is 5.97. The standard InChI is InChI=1S/C21H27N5O2/c1-25-13-19(27)26(16-8-10-17(28-2)11-9-16)12-18-20(22-14-23-21(18)25)24-15-6-4-3-5-7-15/h8-11,14-15H,3-7,12-13H2,1-2H3,(H,22,23,24). The third kappa shape index (κ3) is 3.74. The summed E-state index contributed by atoms with van der Waals surface area (Å²) < 4.78 is 5.24. The van der Waals surface area contributed by atoms with Crippen molar-refractivity contribution in [2.75, 3.05) is 35.8 Å². The van der Waals surface area contributed by atoms with Crippen LogP contribution in [0.1, 0.15) is 37.7 Å². The molecule has 0 spiro atoms. The van der Waals surface area contributed by atoms with Gasteiger partial charge in [-0.1, -0.05) is 19.3 Å². The number of likely N-dealkylation sites (N-methyl/N-ethyl adjacent to an activating group) is 1. The average Bonchev–Trinajstić information content (AvgIpc) is 2.85. The maximum Gasteiger partial charge on any atom is 0.246 e. The molecule has 1 aliphatic carbocycles. The fourth-order valence-electron chi connectivity index (χ4n) is 4.05. The third-order valence-corrected chi connectivity index (χ3v) is 5.60. The molecule has 1 saturated carbocycles. The van der Waals surface area contributed by atoms with Crippen molar-refractivity contribution in [1.29, 1.82) is 0 Å². The number of carbonyl (C=O) groups excluding carboxylic acids is 1. The fraction of sp³-hybridized carbons (Fsp3) is 0.476. The molecule has 0 bridgehead atoms. The van der Waals surface area contributed by atoms with Gasteiger partial charge in [0, 0.05) is 18.8 Å². The zero-order valence-electron chi connectivity index (χ0n) is 16.5. The molecule has 2 aromatic rings. The van der Waals surface area contributed by atoms with Crippen molar-refractivity contribution < 1.29 is 9.53 Å². The van der Waals surface area contributed by atoms with Crippen LogP contribution in [-0.2, 0) is 11.3 Å². The predicted octanol–water partition coefficient (Wildman–Crippen LogP) is 3.21. The van der Waals surface area contributed by atoms with Gasteiger partial charge in [-0.15, -0.1) is 0 Å². The maximum absolute atomic E-state index is 12.9. The first kappa shape index (κ1) is 18.5. The Bertz CT molecular complexity index is 833. The van der Waals surface area contributed by atoms with E-state index in [1.165, 1.54) is 19.3 Å². The number of rotatable bonds is 4. The minimum absolute atomic E-state index is 0.0364. The van der Waals surface area contributed by atoms with E-state index < -0.39 is 0 Å². The summed E-state index contributed by atoms with van der Waals surface area (Å²) in [5.74, 6) is 2.47. The highest BCUT2D eigenvalue weighted by Gasteiger charge is 2.29. The highest BCUT2D eigenvalue weighted by Crippen LogP contribution is 2.32. The predicted molar refractivity (Wildman–Crippen MR) is 110 cm³/mol. The van der Waals surface area contributed by atoms with E-state index in [0.29, 0.717) is 12.6 Å². The second-order valence-electron chi connectivity index (χ2n) is 7.54. The lowest BCUT2D eigenvalue weighted by Crippen LogP contribution is -2.35. The first-order chi connectivity index (χ1) is 13.7. The zero-order chi connectivity index (χ0) is 19.5. The second kappa shape index (κ2) is 8.04. The monoisotopic (exact) mass is 381 g/mol. The van der Waals surface area contributed by atoms with Crippen LogP contribution in [0.2, 0.25) is 0 Å². The number of benzene rings is 1. The van der Waals surface area contributed by atoms with Crippen LogP contribution in [0.5, 0.6) is 5.75 Å². The summed E-state index contributed by atoms with van der Waals surface area (Å²) in [6.07, 6.45) is 7.73. The number of aromatic nitrogens is 2. The Hall–Kier alpha value is -2.83. The summed E-state index contributed by atoms with van der Waals surface area (Å²) in [4.78, 5) is 25.7. The van der Waals surface area contributed by atoms with Gasteiger partial charge in [-0.2, -0.15) is 0 Å². The minimum atomic E-state index is 0.0364. The van der Waals surface area contributed by atoms with Gasteiger partial charge in [0.1, 0.15) is 23.7 Å². The van der Waals surface area contributed by atoms with Crippen molar-refractivity contribution in [2.45, 2.75) is 44.7 Å². The molecule has 7 heteroatoms. The number of methoxy groups -OCH3 is 1. The Kier molecular flexibility index (Phi) is 5.32. The molecule has 148 valence electrons. The number of nitrogens with one attached hydrogen (secondary N) is 1. The highest BCUT2D eigenvalue weighted by atomic mass is 16.5. The Morgan fingerprint density at radius 1 is 1.07 bits per heavy atom. The quantitative estimate of drug-likeness (QED) is 0.877. The summed E-state index contributed by atoms with van der Waals surface area (Å²) in [6.45, 7) is 0.722. The molecule has 1 aromatic carbocycles. The molecule has 7 nitrogen and oxygen atoms in total. The number of hydrogen-bond acceptors (Lipinski definition) is 6. The van der Waals surface area contributed by atoms with E-state index in [0.717, 1.165) is 41.5 Å². The van der Waals surface area contributed by atoms with Crippen molar-refractivity contribution in [3.8, 4) is 5.75 Å². The van der Waals surface area contributed by atoms with Crippen LogP contribution in [0.3, 0.4) is 0 Å². The topological polar surface area (TPSA) is 70.6 Å².